The number of nitrogens with one attached hydrogen (secondary N) is 1. The largest absolute Gasteiger partial charge is 0.353 e. The second-order valence-electron chi connectivity index (χ2n) is 8.00. The van der Waals surface area contributed by atoms with Gasteiger partial charge in [-0.3, -0.25) is 18.9 Å². The number of carbonyl (C=O) groups excluding carboxylic acids is 1. The lowest BCUT2D eigenvalue weighted by atomic mass is 10.1. The number of nitriles is 1. The van der Waals surface area contributed by atoms with Crippen molar-refractivity contribution in [3.8, 4) is 6.07 Å². The molecule has 8 heteroatoms. The Hall–Kier alpha value is -4.22. The molecule has 4 rings (SSSR count). The van der Waals surface area contributed by atoms with Crippen molar-refractivity contribution in [2.24, 2.45) is 0 Å². The van der Waals surface area contributed by atoms with Crippen LogP contribution in [0.25, 0.3) is 11.7 Å². The van der Waals surface area contributed by atoms with Crippen molar-refractivity contribution >= 4 is 23.4 Å². The zero-order valence-corrected chi connectivity index (χ0v) is 18.9. The van der Waals surface area contributed by atoms with E-state index in [0.29, 0.717) is 24.6 Å². The summed E-state index contributed by atoms with van der Waals surface area (Å²) in [6.45, 7) is 7.61. The molecule has 0 aliphatic carbocycles. The van der Waals surface area contributed by atoms with Gasteiger partial charge in [0.25, 0.3) is 11.5 Å². The van der Waals surface area contributed by atoms with Crippen LogP contribution in [0.3, 0.4) is 0 Å². The molecule has 0 radical (unpaired) electrons. The minimum Gasteiger partial charge on any atom is -0.353 e. The van der Waals surface area contributed by atoms with Crippen molar-refractivity contribution in [1.29, 1.82) is 5.26 Å². The Morgan fingerprint density at radius 3 is 2.56 bits per heavy atom. The third-order valence-electron chi connectivity index (χ3n) is 5.73. The molecule has 1 fully saturated rings. The molecule has 0 atom stereocenters. The van der Waals surface area contributed by atoms with Crippen LogP contribution < -0.4 is 15.8 Å². The van der Waals surface area contributed by atoms with Crippen LogP contribution in [0.1, 0.15) is 11.1 Å². The zero-order valence-electron chi connectivity index (χ0n) is 18.9. The number of hydrogen-bond acceptors (Lipinski definition) is 6. The predicted molar refractivity (Wildman–Crippen MR) is 132 cm³/mol. The molecule has 1 saturated heterocycles. The maximum Gasteiger partial charge on any atom is 0.267 e. The maximum absolute atomic E-state index is 13.4. The third-order valence-corrected chi connectivity index (χ3v) is 5.73. The number of pyridine rings is 1. The standard InChI is InChI=1S/C26H26N6O2/c1-2-11-28-25(33)21(18-27)17-22-24(29-23-10-6-7-12-32(23)26(22)34)31-15-13-30(14-16-31)19-20-8-4-3-5-9-20/h2-10,12,17H,1,11,13-16,19H2,(H,28,33)/b21-17+. The van der Waals surface area contributed by atoms with Crippen LogP contribution in [-0.2, 0) is 11.3 Å². The number of fused-ring (bicyclic) bond motifs is 1. The van der Waals surface area contributed by atoms with E-state index >= 15 is 0 Å². The van der Waals surface area contributed by atoms with Gasteiger partial charge in [-0.1, -0.05) is 42.5 Å². The molecule has 1 aliphatic rings. The molecule has 0 spiro atoms. The average Bonchev–Trinajstić information content (AvgIpc) is 2.88. The fourth-order valence-corrected chi connectivity index (χ4v) is 3.97. The molecule has 3 aromatic rings. The van der Waals surface area contributed by atoms with Crippen molar-refractivity contribution in [2.75, 3.05) is 37.6 Å². The fourth-order valence-electron chi connectivity index (χ4n) is 3.97. The summed E-state index contributed by atoms with van der Waals surface area (Å²) in [6, 6.07) is 17.6. The first-order valence-electron chi connectivity index (χ1n) is 11.1. The van der Waals surface area contributed by atoms with E-state index in [9.17, 15) is 14.9 Å². The lowest BCUT2D eigenvalue weighted by Crippen LogP contribution is -2.47. The van der Waals surface area contributed by atoms with Gasteiger partial charge in [0.05, 0.1) is 5.56 Å². The third kappa shape index (κ3) is 5.05. The van der Waals surface area contributed by atoms with Crippen LogP contribution in [0, 0.1) is 11.3 Å². The summed E-state index contributed by atoms with van der Waals surface area (Å²) in [7, 11) is 0. The van der Waals surface area contributed by atoms with Crippen LogP contribution >= 0.6 is 0 Å². The molecule has 1 amide bonds. The second kappa shape index (κ2) is 10.6. The first-order valence-corrected chi connectivity index (χ1v) is 11.1. The van der Waals surface area contributed by atoms with E-state index < -0.39 is 5.91 Å². The van der Waals surface area contributed by atoms with E-state index in [-0.39, 0.29) is 23.2 Å². The van der Waals surface area contributed by atoms with Crippen molar-refractivity contribution in [3.63, 3.8) is 0 Å². The molecule has 0 saturated carbocycles. The number of piperazine rings is 1. The number of amides is 1. The van der Waals surface area contributed by atoms with E-state index in [2.05, 4.69) is 33.8 Å². The number of carbonyl (C=O) groups is 1. The summed E-state index contributed by atoms with van der Waals surface area (Å²) >= 11 is 0. The van der Waals surface area contributed by atoms with Gasteiger partial charge in [0.15, 0.2) is 0 Å². The summed E-state index contributed by atoms with van der Waals surface area (Å²) < 4.78 is 1.43. The van der Waals surface area contributed by atoms with Gasteiger partial charge in [-0.25, -0.2) is 4.98 Å². The molecule has 2 aromatic heterocycles. The number of anilines is 1. The first-order chi connectivity index (χ1) is 16.6. The van der Waals surface area contributed by atoms with Crippen LogP contribution in [0.2, 0.25) is 0 Å². The van der Waals surface area contributed by atoms with Gasteiger partial charge in [-0.15, -0.1) is 6.58 Å². The number of nitrogens with zero attached hydrogens (tertiary/aromatic N) is 5. The molecule has 8 nitrogen and oxygen atoms in total. The summed E-state index contributed by atoms with van der Waals surface area (Å²) in [5.41, 5.74) is 1.52. The van der Waals surface area contributed by atoms with Gasteiger partial charge < -0.3 is 10.2 Å². The SMILES string of the molecule is C=CCNC(=O)/C(C#N)=C/c1c(N2CCN(Cc3ccccc3)CC2)nc2ccccn2c1=O. The smallest absolute Gasteiger partial charge is 0.267 e. The quantitative estimate of drug-likeness (QED) is 0.334. The van der Waals surface area contributed by atoms with Crippen molar-refractivity contribution in [2.45, 2.75) is 6.54 Å². The van der Waals surface area contributed by atoms with Crippen molar-refractivity contribution in [1.82, 2.24) is 19.6 Å². The molecule has 1 aliphatic heterocycles. The van der Waals surface area contributed by atoms with E-state index in [1.165, 1.54) is 22.1 Å². The monoisotopic (exact) mass is 454 g/mol. The normalized spacial score (nSPS) is 14.6. The van der Waals surface area contributed by atoms with Gasteiger partial charge in [0.1, 0.15) is 23.1 Å². The Kier molecular flexibility index (Phi) is 7.16. The highest BCUT2D eigenvalue weighted by molar-refractivity contribution is 6.02. The topological polar surface area (TPSA) is 93.7 Å². The Bertz CT molecular complexity index is 1310. The molecule has 172 valence electrons. The average molecular weight is 455 g/mol. The molecule has 0 unspecified atom stereocenters. The van der Waals surface area contributed by atoms with E-state index in [1.807, 2.05) is 30.3 Å². The summed E-state index contributed by atoms with van der Waals surface area (Å²) in [4.78, 5) is 34.9. The summed E-state index contributed by atoms with van der Waals surface area (Å²) in [6.07, 6.45) is 4.51. The lowest BCUT2D eigenvalue weighted by Gasteiger charge is -2.36. The summed E-state index contributed by atoms with van der Waals surface area (Å²) in [5, 5.41) is 12.2. The molecular weight excluding hydrogens is 428 g/mol. The molecule has 1 N–H and O–H groups in total. The molecule has 3 heterocycles. The minimum atomic E-state index is -0.557. The molecular formula is C26H26N6O2. The van der Waals surface area contributed by atoms with Gasteiger partial charge in [-0.2, -0.15) is 5.26 Å². The highest BCUT2D eigenvalue weighted by Crippen LogP contribution is 2.21. The highest BCUT2D eigenvalue weighted by atomic mass is 16.1. The van der Waals surface area contributed by atoms with Crippen molar-refractivity contribution < 1.29 is 4.79 Å². The minimum absolute atomic E-state index is 0.152. The van der Waals surface area contributed by atoms with E-state index in [1.54, 1.807) is 18.3 Å². The first kappa shape index (κ1) is 23.0. The number of benzene rings is 1. The van der Waals surface area contributed by atoms with E-state index in [4.69, 9.17) is 4.98 Å². The lowest BCUT2D eigenvalue weighted by molar-refractivity contribution is -0.116. The molecule has 0 bridgehead atoms. The Morgan fingerprint density at radius 2 is 1.85 bits per heavy atom. The molecule has 1 aromatic carbocycles. The second-order valence-corrected chi connectivity index (χ2v) is 8.00. The Balaban J connectivity index is 1.66. The van der Waals surface area contributed by atoms with Gasteiger partial charge in [-0.05, 0) is 23.8 Å². The van der Waals surface area contributed by atoms with Crippen LogP contribution in [0.5, 0.6) is 0 Å². The number of aromatic nitrogens is 2. The van der Waals surface area contributed by atoms with Gasteiger partial charge in [0, 0.05) is 45.5 Å². The number of hydrogen-bond donors (Lipinski definition) is 1. The van der Waals surface area contributed by atoms with Crippen LogP contribution in [0.4, 0.5) is 5.82 Å². The molecule has 34 heavy (non-hydrogen) atoms. The van der Waals surface area contributed by atoms with E-state index in [0.717, 1.165) is 19.6 Å². The Morgan fingerprint density at radius 1 is 1.12 bits per heavy atom. The Labute approximate surface area is 198 Å². The van der Waals surface area contributed by atoms with Gasteiger partial charge >= 0.3 is 0 Å². The van der Waals surface area contributed by atoms with Crippen molar-refractivity contribution in [3.05, 3.63) is 94.4 Å². The van der Waals surface area contributed by atoms with Crippen LogP contribution in [0.15, 0.2) is 77.8 Å². The predicted octanol–water partition coefficient (Wildman–Crippen LogP) is 2.23. The van der Waals surface area contributed by atoms with Gasteiger partial charge in [0.2, 0.25) is 0 Å². The van der Waals surface area contributed by atoms with Crippen LogP contribution in [-0.4, -0.2) is 52.9 Å². The maximum atomic E-state index is 13.4. The fraction of sp³-hybridized carbons (Fsp3) is 0.231. The highest BCUT2D eigenvalue weighted by Gasteiger charge is 2.23. The zero-order chi connectivity index (χ0) is 23.9. The number of rotatable bonds is 7. The summed E-state index contributed by atoms with van der Waals surface area (Å²) in [5.74, 6) is -0.0709.